The van der Waals surface area contributed by atoms with Crippen molar-refractivity contribution in [3.05, 3.63) is 30.1 Å². The highest BCUT2D eigenvalue weighted by Crippen LogP contribution is 2.26. The van der Waals surface area contributed by atoms with Gasteiger partial charge >= 0.3 is 5.97 Å². The Morgan fingerprint density at radius 2 is 1.94 bits per heavy atom. The lowest BCUT2D eigenvalue weighted by Crippen LogP contribution is -2.40. The van der Waals surface area contributed by atoms with E-state index in [-0.39, 0.29) is 11.4 Å². The number of sulfonamides is 1. The van der Waals surface area contributed by atoms with Crippen LogP contribution in [0.5, 0.6) is 0 Å². The third kappa shape index (κ3) is 2.23. The Kier molecular flexibility index (Phi) is 3.36. The maximum Gasteiger partial charge on any atom is 0.322 e. The first kappa shape index (κ1) is 13.0. The predicted octanol–water partition coefficient (Wildman–Crippen LogP) is 1.06. The van der Waals surface area contributed by atoms with Gasteiger partial charge in [0.25, 0.3) is 0 Å². The molecule has 0 unspecified atom stereocenters. The van der Waals surface area contributed by atoms with Crippen LogP contribution < -0.4 is 0 Å². The highest BCUT2D eigenvalue weighted by Gasteiger charge is 2.39. The number of aliphatic carboxylic acids is 1. The molecule has 1 aliphatic rings. The minimum absolute atomic E-state index is 0.0861. The fraction of sp³-hybridized carbons (Fsp3) is 0.364. The fourth-order valence-corrected chi connectivity index (χ4v) is 3.67. The van der Waals surface area contributed by atoms with Crippen LogP contribution in [0.15, 0.2) is 29.2 Å². The highest BCUT2D eigenvalue weighted by atomic mass is 32.2. The van der Waals surface area contributed by atoms with Gasteiger partial charge in [-0.2, -0.15) is 4.31 Å². The highest BCUT2D eigenvalue weighted by molar-refractivity contribution is 7.89. The maximum atomic E-state index is 12.8. The molecule has 18 heavy (non-hydrogen) atoms. The van der Waals surface area contributed by atoms with Crippen molar-refractivity contribution >= 4 is 16.0 Å². The van der Waals surface area contributed by atoms with Crippen LogP contribution in [0.25, 0.3) is 0 Å². The quantitative estimate of drug-likeness (QED) is 0.893. The van der Waals surface area contributed by atoms with Gasteiger partial charge in [0, 0.05) is 6.54 Å². The second-order valence-corrected chi connectivity index (χ2v) is 5.96. The molecule has 5 nitrogen and oxygen atoms in total. The van der Waals surface area contributed by atoms with E-state index >= 15 is 0 Å². The average molecular weight is 273 g/mol. The van der Waals surface area contributed by atoms with Crippen LogP contribution in [0, 0.1) is 5.82 Å². The Labute approximate surface area is 104 Å². The average Bonchev–Trinajstić information content (AvgIpc) is 2.79. The molecule has 0 saturated carbocycles. The summed E-state index contributed by atoms with van der Waals surface area (Å²) >= 11 is 0. The smallest absolute Gasteiger partial charge is 0.322 e. The molecule has 0 bridgehead atoms. The summed E-state index contributed by atoms with van der Waals surface area (Å²) in [6, 6.07) is 3.33. The van der Waals surface area contributed by atoms with Crippen LogP contribution >= 0.6 is 0 Å². The van der Waals surface area contributed by atoms with Crippen molar-refractivity contribution in [2.75, 3.05) is 6.54 Å². The molecule has 1 saturated heterocycles. The molecular formula is C11H12FNO4S. The second kappa shape index (κ2) is 4.66. The minimum Gasteiger partial charge on any atom is -0.480 e. The molecule has 1 fully saturated rings. The lowest BCUT2D eigenvalue weighted by Gasteiger charge is -2.20. The Balaban J connectivity index is 2.36. The molecule has 0 aromatic heterocycles. The minimum atomic E-state index is -3.86. The molecule has 1 aromatic rings. The first-order valence-electron chi connectivity index (χ1n) is 5.43. The SMILES string of the molecule is O=C(O)[C@H]1CCCN1S(=O)(=O)c1ccc(F)cc1. The number of hydrogen-bond donors (Lipinski definition) is 1. The van der Waals surface area contributed by atoms with Crippen LogP contribution in [0.4, 0.5) is 4.39 Å². The zero-order chi connectivity index (χ0) is 13.3. The summed E-state index contributed by atoms with van der Waals surface area (Å²) in [5, 5.41) is 8.97. The molecule has 0 amide bonds. The predicted molar refractivity (Wildman–Crippen MR) is 60.9 cm³/mol. The molecule has 1 heterocycles. The van der Waals surface area contributed by atoms with Gasteiger partial charge in [0.2, 0.25) is 10.0 Å². The first-order valence-corrected chi connectivity index (χ1v) is 6.87. The first-order chi connectivity index (χ1) is 8.43. The van der Waals surface area contributed by atoms with Gasteiger partial charge in [0.1, 0.15) is 11.9 Å². The maximum absolute atomic E-state index is 12.8. The summed E-state index contributed by atoms with van der Waals surface area (Å²) in [5.74, 6) is -1.69. The van der Waals surface area contributed by atoms with Crippen LogP contribution in [0.2, 0.25) is 0 Å². The van der Waals surface area contributed by atoms with Crippen LogP contribution in [0.1, 0.15) is 12.8 Å². The lowest BCUT2D eigenvalue weighted by molar-refractivity contribution is -0.140. The molecule has 98 valence electrons. The number of hydrogen-bond acceptors (Lipinski definition) is 3. The van der Waals surface area contributed by atoms with Crippen molar-refractivity contribution in [1.29, 1.82) is 0 Å². The Hall–Kier alpha value is -1.47. The summed E-state index contributed by atoms with van der Waals surface area (Å²) in [6.45, 7) is 0.177. The van der Waals surface area contributed by atoms with Crippen molar-refractivity contribution < 1.29 is 22.7 Å². The van der Waals surface area contributed by atoms with E-state index < -0.39 is 27.9 Å². The molecule has 2 rings (SSSR count). The van der Waals surface area contributed by atoms with E-state index in [1.807, 2.05) is 0 Å². The number of carboxylic acid groups (broad SMARTS) is 1. The van der Waals surface area contributed by atoms with E-state index in [1.165, 1.54) is 0 Å². The van der Waals surface area contributed by atoms with Crippen LogP contribution in [-0.4, -0.2) is 36.4 Å². The van der Waals surface area contributed by atoms with Gasteiger partial charge in [-0.15, -0.1) is 0 Å². The Bertz CT molecular complexity index is 555. The zero-order valence-corrected chi connectivity index (χ0v) is 10.2. The van der Waals surface area contributed by atoms with Gasteiger partial charge in [-0.3, -0.25) is 4.79 Å². The van der Waals surface area contributed by atoms with Crippen LogP contribution in [0.3, 0.4) is 0 Å². The van der Waals surface area contributed by atoms with Crippen LogP contribution in [-0.2, 0) is 14.8 Å². The third-order valence-corrected chi connectivity index (χ3v) is 4.83. The van der Waals surface area contributed by atoms with Crippen molar-refractivity contribution in [1.82, 2.24) is 4.31 Å². The molecule has 7 heteroatoms. The lowest BCUT2D eigenvalue weighted by atomic mass is 10.2. The normalized spacial score (nSPS) is 21.1. The number of halogens is 1. The Morgan fingerprint density at radius 3 is 2.50 bits per heavy atom. The van der Waals surface area contributed by atoms with Crippen molar-refractivity contribution in [2.24, 2.45) is 0 Å². The fourth-order valence-electron chi connectivity index (χ4n) is 2.02. The number of carboxylic acids is 1. The number of nitrogens with zero attached hydrogens (tertiary/aromatic N) is 1. The van der Waals surface area contributed by atoms with E-state index in [4.69, 9.17) is 5.11 Å². The summed E-state index contributed by atoms with van der Waals surface area (Å²) in [6.07, 6.45) is 0.813. The van der Waals surface area contributed by atoms with Gasteiger partial charge < -0.3 is 5.11 Å². The van der Waals surface area contributed by atoms with Gasteiger partial charge in [0.15, 0.2) is 0 Å². The molecule has 0 spiro atoms. The summed E-state index contributed by atoms with van der Waals surface area (Å²) < 4.78 is 38.1. The Morgan fingerprint density at radius 1 is 1.33 bits per heavy atom. The number of rotatable bonds is 3. The van der Waals surface area contributed by atoms with E-state index in [0.717, 1.165) is 28.6 Å². The van der Waals surface area contributed by atoms with Crippen molar-refractivity contribution in [2.45, 2.75) is 23.8 Å². The summed E-state index contributed by atoms with van der Waals surface area (Å²) in [4.78, 5) is 10.9. The van der Waals surface area contributed by atoms with Crippen molar-refractivity contribution in [3.63, 3.8) is 0 Å². The zero-order valence-electron chi connectivity index (χ0n) is 9.41. The van der Waals surface area contributed by atoms with E-state index in [2.05, 4.69) is 0 Å². The van der Waals surface area contributed by atoms with E-state index in [9.17, 15) is 17.6 Å². The van der Waals surface area contributed by atoms with Gasteiger partial charge in [0.05, 0.1) is 4.90 Å². The monoisotopic (exact) mass is 273 g/mol. The molecule has 1 N–H and O–H groups in total. The number of benzene rings is 1. The summed E-state index contributed by atoms with van der Waals surface area (Å²) in [7, 11) is -3.86. The molecule has 1 aromatic carbocycles. The molecule has 0 aliphatic carbocycles. The standard InChI is InChI=1S/C11H12FNO4S/c12-8-3-5-9(6-4-8)18(16,17)13-7-1-2-10(13)11(14)15/h3-6,10H,1-2,7H2,(H,14,15)/t10-/m1/s1. The molecule has 1 aliphatic heterocycles. The van der Waals surface area contributed by atoms with Gasteiger partial charge in [-0.05, 0) is 37.1 Å². The van der Waals surface area contributed by atoms with E-state index in [0.29, 0.717) is 12.8 Å². The molecular weight excluding hydrogens is 261 g/mol. The van der Waals surface area contributed by atoms with Gasteiger partial charge in [-0.25, -0.2) is 12.8 Å². The largest absolute Gasteiger partial charge is 0.480 e. The topological polar surface area (TPSA) is 74.7 Å². The number of carbonyl (C=O) groups is 1. The second-order valence-electron chi connectivity index (χ2n) is 4.07. The van der Waals surface area contributed by atoms with Crippen molar-refractivity contribution in [3.8, 4) is 0 Å². The molecule has 0 radical (unpaired) electrons. The third-order valence-electron chi connectivity index (χ3n) is 2.91. The molecule has 1 atom stereocenters. The van der Waals surface area contributed by atoms with Gasteiger partial charge in [-0.1, -0.05) is 0 Å². The summed E-state index contributed by atoms with van der Waals surface area (Å²) in [5.41, 5.74) is 0. The van der Waals surface area contributed by atoms with E-state index in [1.54, 1.807) is 0 Å².